The molecule has 1 aromatic heterocycles. The molecule has 0 atom stereocenters. The highest BCUT2D eigenvalue weighted by Gasteiger charge is 1.97. The van der Waals surface area contributed by atoms with Gasteiger partial charge in [-0.15, -0.1) is 0 Å². The van der Waals surface area contributed by atoms with E-state index < -0.39 is 0 Å². The zero-order valence-corrected chi connectivity index (χ0v) is 10.3. The number of aromatic nitrogens is 2. The highest BCUT2D eigenvalue weighted by molar-refractivity contribution is 9.10. The van der Waals surface area contributed by atoms with Gasteiger partial charge in [0.25, 0.3) is 0 Å². The van der Waals surface area contributed by atoms with Crippen LogP contribution in [0, 0.1) is 0 Å². The molecule has 0 fully saturated rings. The lowest BCUT2D eigenvalue weighted by Crippen LogP contribution is -1.98. The predicted octanol–water partition coefficient (Wildman–Crippen LogP) is 3.02. The Hall–Kier alpha value is -1.62. The molecule has 5 heteroatoms. The fourth-order valence-corrected chi connectivity index (χ4v) is 1.49. The van der Waals surface area contributed by atoms with Gasteiger partial charge in [0, 0.05) is 17.2 Å². The van der Waals surface area contributed by atoms with Crippen LogP contribution in [0.5, 0.6) is 0 Å². The van der Waals surface area contributed by atoms with E-state index in [9.17, 15) is 0 Å². The van der Waals surface area contributed by atoms with Gasteiger partial charge in [-0.25, -0.2) is 4.98 Å². The van der Waals surface area contributed by atoms with Crippen LogP contribution in [-0.4, -0.2) is 17.0 Å². The minimum atomic E-state index is 0.717. The van der Waals surface area contributed by atoms with Crippen LogP contribution in [0.4, 0.5) is 17.3 Å². The van der Waals surface area contributed by atoms with Crippen molar-refractivity contribution in [2.24, 2.45) is 0 Å². The third kappa shape index (κ3) is 2.70. The molecule has 0 bridgehead atoms. The molecule has 2 N–H and O–H groups in total. The van der Waals surface area contributed by atoms with Crippen molar-refractivity contribution in [2.45, 2.75) is 0 Å². The Morgan fingerprint density at radius 1 is 1.06 bits per heavy atom. The summed E-state index contributed by atoms with van der Waals surface area (Å²) in [4.78, 5) is 8.38. The van der Waals surface area contributed by atoms with Crippen LogP contribution in [0.3, 0.4) is 0 Å². The van der Waals surface area contributed by atoms with Crippen LogP contribution in [0.1, 0.15) is 0 Å². The summed E-state index contributed by atoms with van der Waals surface area (Å²) in [6.45, 7) is 0. The number of hydrogen-bond donors (Lipinski definition) is 2. The van der Waals surface area contributed by atoms with E-state index in [0.717, 1.165) is 16.0 Å². The number of anilines is 3. The molecule has 0 radical (unpaired) electrons. The highest BCUT2D eigenvalue weighted by Crippen LogP contribution is 2.18. The van der Waals surface area contributed by atoms with Crippen molar-refractivity contribution in [1.29, 1.82) is 0 Å². The average molecular weight is 279 g/mol. The Bertz CT molecular complexity index is 470. The number of benzene rings is 1. The standard InChI is InChI=1S/C11H11BrN4/c1-13-10-6-14-7-11(16-10)15-9-4-2-8(12)3-5-9/h2-7H,1H3,(H2,13,15,16). The highest BCUT2D eigenvalue weighted by atomic mass is 79.9. The first-order chi connectivity index (χ1) is 7.78. The van der Waals surface area contributed by atoms with E-state index >= 15 is 0 Å². The normalized spacial score (nSPS) is 9.88. The summed E-state index contributed by atoms with van der Waals surface area (Å²) in [6, 6.07) is 7.88. The molecule has 0 saturated carbocycles. The van der Waals surface area contributed by atoms with Crippen molar-refractivity contribution in [2.75, 3.05) is 17.7 Å². The van der Waals surface area contributed by atoms with Gasteiger partial charge in [0.05, 0.1) is 12.4 Å². The Morgan fingerprint density at radius 2 is 1.75 bits per heavy atom. The van der Waals surface area contributed by atoms with Crippen LogP contribution in [-0.2, 0) is 0 Å². The first-order valence-corrected chi connectivity index (χ1v) is 5.59. The molecule has 82 valence electrons. The molecule has 0 amide bonds. The van der Waals surface area contributed by atoms with Gasteiger partial charge in [-0.1, -0.05) is 15.9 Å². The van der Waals surface area contributed by atoms with Gasteiger partial charge in [0.15, 0.2) is 5.82 Å². The zero-order chi connectivity index (χ0) is 11.4. The largest absolute Gasteiger partial charge is 0.372 e. The minimum absolute atomic E-state index is 0.717. The Morgan fingerprint density at radius 3 is 2.44 bits per heavy atom. The molecule has 16 heavy (non-hydrogen) atoms. The maximum Gasteiger partial charge on any atom is 0.151 e. The van der Waals surface area contributed by atoms with Gasteiger partial charge in [-0.2, -0.15) is 0 Å². The van der Waals surface area contributed by atoms with E-state index in [1.807, 2.05) is 31.3 Å². The van der Waals surface area contributed by atoms with Crippen LogP contribution in [0.25, 0.3) is 0 Å². The van der Waals surface area contributed by atoms with Crippen molar-refractivity contribution < 1.29 is 0 Å². The molecule has 0 aliphatic rings. The second-order valence-corrected chi connectivity index (χ2v) is 4.09. The topological polar surface area (TPSA) is 49.8 Å². The van der Waals surface area contributed by atoms with Gasteiger partial charge in [-0.3, -0.25) is 4.98 Å². The summed E-state index contributed by atoms with van der Waals surface area (Å²) in [5.41, 5.74) is 0.978. The first-order valence-electron chi connectivity index (χ1n) is 4.80. The Labute approximate surface area is 102 Å². The number of nitrogens with one attached hydrogen (secondary N) is 2. The van der Waals surface area contributed by atoms with E-state index in [-0.39, 0.29) is 0 Å². The molecular weight excluding hydrogens is 268 g/mol. The van der Waals surface area contributed by atoms with E-state index in [0.29, 0.717) is 5.82 Å². The number of halogens is 1. The average Bonchev–Trinajstić information content (AvgIpc) is 2.32. The SMILES string of the molecule is CNc1cncc(Nc2ccc(Br)cc2)n1. The summed E-state index contributed by atoms with van der Waals surface area (Å²) in [6.07, 6.45) is 3.36. The van der Waals surface area contributed by atoms with E-state index in [1.54, 1.807) is 12.4 Å². The van der Waals surface area contributed by atoms with Gasteiger partial charge < -0.3 is 10.6 Å². The van der Waals surface area contributed by atoms with Crippen molar-refractivity contribution >= 4 is 33.3 Å². The molecule has 0 unspecified atom stereocenters. The molecule has 0 aliphatic heterocycles. The summed E-state index contributed by atoms with van der Waals surface area (Å²) < 4.78 is 1.05. The number of rotatable bonds is 3. The fourth-order valence-electron chi connectivity index (χ4n) is 1.23. The predicted molar refractivity (Wildman–Crippen MR) is 69.0 cm³/mol. The van der Waals surface area contributed by atoms with Gasteiger partial charge in [0.2, 0.25) is 0 Å². The minimum Gasteiger partial charge on any atom is -0.372 e. The van der Waals surface area contributed by atoms with Crippen molar-refractivity contribution in [1.82, 2.24) is 9.97 Å². The zero-order valence-electron chi connectivity index (χ0n) is 8.74. The molecule has 0 saturated heterocycles. The molecule has 2 aromatic rings. The molecule has 0 spiro atoms. The van der Waals surface area contributed by atoms with E-state index in [4.69, 9.17) is 0 Å². The third-order valence-corrected chi connectivity index (χ3v) is 2.54. The maximum atomic E-state index is 4.31. The quantitative estimate of drug-likeness (QED) is 0.906. The lowest BCUT2D eigenvalue weighted by Gasteiger charge is -2.06. The summed E-state index contributed by atoms with van der Waals surface area (Å²) in [5, 5.41) is 6.11. The molecular formula is C11H11BrN4. The van der Waals surface area contributed by atoms with E-state index in [2.05, 4.69) is 36.5 Å². The number of nitrogens with zero attached hydrogens (tertiary/aromatic N) is 2. The monoisotopic (exact) mass is 278 g/mol. The van der Waals surface area contributed by atoms with Gasteiger partial charge in [-0.05, 0) is 24.3 Å². The number of hydrogen-bond acceptors (Lipinski definition) is 4. The molecule has 1 aromatic carbocycles. The van der Waals surface area contributed by atoms with Gasteiger partial charge >= 0.3 is 0 Å². The lowest BCUT2D eigenvalue weighted by atomic mass is 10.3. The first kappa shape index (κ1) is 10.9. The summed E-state index contributed by atoms with van der Waals surface area (Å²) in [5.74, 6) is 1.45. The molecule has 4 nitrogen and oxygen atoms in total. The Balaban J connectivity index is 2.16. The van der Waals surface area contributed by atoms with Crippen LogP contribution in [0.2, 0.25) is 0 Å². The third-order valence-electron chi connectivity index (χ3n) is 2.01. The molecule has 1 heterocycles. The van der Waals surface area contributed by atoms with Crippen molar-refractivity contribution in [3.05, 3.63) is 41.1 Å². The summed E-state index contributed by atoms with van der Waals surface area (Å²) in [7, 11) is 1.81. The lowest BCUT2D eigenvalue weighted by molar-refractivity contribution is 1.18. The van der Waals surface area contributed by atoms with Crippen LogP contribution < -0.4 is 10.6 Å². The fraction of sp³-hybridized carbons (Fsp3) is 0.0909. The smallest absolute Gasteiger partial charge is 0.151 e. The maximum absolute atomic E-state index is 4.31. The molecule has 2 rings (SSSR count). The van der Waals surface area contributed by atoms with Crippen LogP contribution in [0.15, 0.2) is 41.1 Å². The van der Waals surface area contributed by atoms with Gasteiger partial charge in [0.1, 0.15) is 5.82 Å². The van der Waals surface area contributed by atoms with E-state index in [1.165, 1.54) is 0 Å². The van der Waals surface area contributed by atoms with Crippen molar-refractivity contribution in [3.8, 4) is 0 Å². The summed E-state index contributed by atoms with van der Waals surface area (Å²) >= 11 is 3.39. The second-order valence-electron chi connectivity index (χ2n) is 3.17. The second kappa shape index (κ2) is 4.94. The van der Waals surface area contributed by atoms with Crippen molar-refractivity contribution in [3.63, 3.8) is 0 Å². The van der Waals surface area contributed by atoms with Crippen LogP contribution >= 0.6 is 15.9 Å². The molecule has 0 aliphatic carbocycles. The Kier molecular flexibility index (Phi) is 3.36.